The van der Waals surface area contributed by atoms with Gasteiger partial charge in [-0.2, -0.15) is 9.29 Å². The van der Waals surface area contributed by atoms with Gasteiger partial charge in [-0.3, -0.25) is 9.09 Å². The number of ether oxygens (including phenoxy) is 1. The molecule has 1 fully saturated rings. The van der Waals surface area contributed by atoms with Crippen LogP contribution in [0.5, 0.6) is 0 Å². The highest BCUT2D eigenvalue weighted by molar-refractivity contribution is 7.60. The Labute approximate surface area is 221 Å². The van der Waals surface area contributed by atoms with E-state index in [2.05, 4.69) is 20.7 Å². The zero-order valence-corrected chi connectivity index (χ0v) is 23.2. The second-order valence-electron chi connectivity index (χ2n) is 8.83. The fourth-order valence-corrected chi connectivity index (χ4v) is 5.24. The average molecular weight is 590 g/mol. The highest BCUT2D eigenvalue weighted by Gasteiger charge is 2.45. The molecule has 0 aliphatic carbocycles. The van der Waals surface area contributed by atoms with Gasteiger partial charge >= 0.3 is 21.3 Å². The summed E-state index contributed by atoms with van der Waals surface area (Å²) in [5.41, 5.74) is 4.45. The van der Waals surface area contributed by atoms with Crippen molar-refractivity contribution in [3.63, 3.8) is 0 Å². The molecular formula is C21H41N3O12P2. The lowest BCUT2D eigenvalue weighted by Gasteiger charge is -2.17. The van der Waals surface area contributed by atoms with Gasteiger partial charge in [-0.05, 0) is 12.5 Å². The minimum atomic E-state index is -5.30. The van der Waals surface area contributed by atoms with Crippen LogP contribution in [0.25, 0.3) is 0 Å². The number of unbranched alkanes of at least 4 members (excludes halogenated alkanes) is 9. The second-order valence-corrected chi connectivity index (χ2v) is 11.7. The summed E-state index contributed by atoms with van der Waals surface area (Å²) < 4.78 is 35.8. The summed E-state index contributed by atoms with van der Waals surface area (Å²) >= 11 is 0. The molecule has 0 radical (unpaired) electrons. The van der Waals surface area contributed by atoms with Crippen LogP contribution in [0.1, 0.15) is 77.4 Å². The summed E-state index contributed by atoms with van der Waals surface area (Å²) in [5, 5.41) is 28.4. The van der Waals surface area contributed by atoms with Crippen LogP contribution in [-0.4, -0.2) is 71.1 Å². The van der Waals surface area contributed by atoms with Crippen molar-refractivity contribution in [2.75, 3.05) is 18.9 Å². The number of phosphoric acid groups is 2. The van der Waals surface area contributed by atoms with Crippen LogP contribution >= 0.6 is 15.6 Å². The topological polar surface area (TPSA) is 244 Å². The average Bonchev–Trinajstić information content (AvgIpc) is 3.09. The molecule has 1 aliphatic rings. The number of aromatic nitrogens is 2. The molecule has 0 saturated carbocycles. The maximum atomic E-state index is 11.7. The van der Waals surface area contributed by atoms with E-state index in [0.717, 1.165) is 17.2 Å². The van der Waals surface area contributed by atoms with E-state index >= 15 is 0 Å². The summed E-state index contributed by atoms with van der Waals surface area (Å²) in [6.45, 7) is 1.76. The first-order valence-electron chi connectivity index (χ1n) is 12.5. The molecule has 0 spiro atoms. The van der Waals surface area contributed by atoms with Crippen molar-refractivity contribution in [3.05, 3.63) is 22.7 Å². The molecule has 1 aromatic rings. The highest BCUT2D eigenvalue weighted by atomic mass is 31.3. The van der Waals surface area contributed by atoms with E-state index in [0.29, 0.717) is 6.61 Å². The third-order valence-electron chi connectivity index (χ3n) is 5.59. The molecule has 15 nitrogen and oxygen atoms in total. The number of phosphoric ester groups is 1. The van der Waals surface area contributed by atoms with E-state index < -0.39 is 52.5 Å². The van der Waals surface area contributed by atoms with Gasteiger partial charge in [-0.25, -0.2) is 13.9 Å². The van der Waals surface area contributed by atoms with Crippen LogP contribution in [0.2, 0.25) is 0 Å². The summed E-state index contributed by atoms with van der Waals surface area (Å²) in [7, 11) is -10.5. The maximum Gasteiger partial charge on any atom is 0.481 e. The molecule has 1 aromatic heterocycles. The fraction of sp³-hybridized carbons (Fsp3) is 0.810. The monoisotopic (exact) mass is 589 g/mol. The van der Waals surface area contributed by atoms with E-state index in [-0.39, 0.29) is 5.82 Å². The Balaban J connectivity index is 0.000000471. The molecule has 2 rings (SSSR count). The molecule has 17 heteroatoms. The molecule has 2 heterocycles. The van der Waals surface area contributed by atoms with Gasteiger partial charge in [-0.15, -0.1) is 0 Å². The molecule has 0 amide bonds. The van der Waals surface area contributed by atoms with Crippen LogP contribution in [0, 0.1) is 0 Å². The van der Waals surface area contributed by atoms with E-state index in [1.807, 2.05) is 0 Å². The van der Waals surface area contributed by atoms with E-state index in [9.17, 15) is 24.1 Å². The number of aliphatic hydroxyl groups excluding tert-OH is 3. The molecule has 5 atom stereocenters. The van der Waals surface area contributed by atoms with Crippen LogP contribution in [0.4, 0.5) is 5.82 Å². The molecule has 0 bridgehead atoms. The zero-order valence-electron chi connectivity index (χ0n) is 21.4. The standard InChI is InChI=1S/C12H26O.C9H15N3O11P2/c1-2-3-4-5-6-7-8-9-10-11-12-13;10-5-1-2-12(9(15)11-5)8-7(14)6(13)4(22-8)3-21-25(19,20)23-24(16,17)18/h13H,2-12H2,1H3;1-2,4,6-8,13-14H,3H2,(H,19,20)(H2,10,11,15)(H2,16,17,18)/t;4-,6-,7-,8-/m.1/s1. The minimum absolute atomic E-state index is 0.0787. The molecule has 38 heavy (non-hydrogen) atoms. The normalized spacial score (nSPS) is 23.0. The van der Waals surface area contributed by atoms with Crippen molar-refractivity contribution in [1.29, 1.82) is 0 Å². The number of nitrogens with two attached hydrogens (primary N) is 1. The van der Waals surface area contributed by atoms with Gasteiger partial charge < -0.3 is 40.5 Å². The summed E-state index contributed by atoms with van der Waals surface area (Å²) in [4.78, 5) is 41.3. The quantitative estimate of drug-likeness (QED) is 0.107. The molecule has 222 valence electrons. The Hall–Kier alpha value is -1.22. The lowest BCUT2D eigenvalue weighted by molar-refractivity contribution is -0.0541. The van der Waals surface area contributed by atoms with Gasteiger partial charge in [0.15, 0.2) is 6.23 Å². The molecule has 1 saturated heterocycles. The third-order valence-corrected chi connectivity index (χ3v) is 7.74. The van der Waals surface area contributed by atoms with Crippen molar-refractivity contribution in [2.45, 2.75) is 95.7 Å². The van der Waals surface area contributed by atoms with Crippen molar-refractivity contribution < 1.29 is 52.7 Å². The number of hydrogen-bond acceptors (Lipinski definition) is 11. The number of aliphatic hydroxyl groups is 3. The number of hydrogen-bond donors (Lipinski definition) is 7. The van der Waals surface area contributed by atoms with Crippen LogP contribution in [0.3, 0.4) is 0 Å². The van der Waals surface area contributed by atoms with Crippen LogP contribution in [0.15, 0.2) is 17.1 Å². The smallest absolute Gasteiger partial charge is 0.396 e. The lowest BCUT2D eigenvalue weighted by Crippen LogP contribution is -2.36. The predicted molar refractivity (Wildman–Crippen MR) is 137 cm³/mol. The Morgan fingerprint density at radius 3 is 2.05 bits per heavy atom. The Bertz CT molecular complexity index is 950. The summed E-state index contributed by atoms with van der Waals surface area (Å²) in [5.74, 6) is -0.0787. The van der Waals surface area contributed by atoms with Gasteiger partial charge in [0.25, 0.3) is 0 Å². The highest BCUT2D eigenvalue weighted by Crippen LogP contribution is 2.57. The summed E-state index contributed by atoms with van der Waals surface area (Å²) in [6, 6.07) is 1.24. The molecule has 0 aromatic carbocycles. The van der Waals surface area contributed by atoms with E-state index in [1.54, 1.807) is 0 Å². The van der Waals surface area contributed by atoms with Crippen molar-refractivity contribution >= 4 is 21.5 Å². The Kier molecular flexibility index (Phi) is 16.0. The Morgan fingerprint density at radius 2 is 1.55 bits per heavy atom. The lowest BCUT2D eigenvalue weighted by atomic mass is 10.1. The number of anilines is 1. The number of nitrogens with zero attached hydrogens (tertiary/aromatic N) is 2. The van der Waals surface area contributed by atoms with E-state index in [1.165, 1.54) is 63.9 Å². The van der Waals surface area contributed by atoms with Crippen molar-refractivity contribution in [1.82, 2.24) is 9.55 Å². The van der Waals surface area contributed by atoms with Crippen LogP contribution in [-0.2, 0) is 22.7 Å². The van der Waals surface area contributed by atoms with Gasteiger partial charge in [0.05, 0.1) is 6.61 Å². The number of nitrogen functional groups attached to an aromatic ring is 1. The van der Waals surface area contributed by atoms with E-state index in [4.69, 9.17) is 30.3 Å². The van der Waals surface area contributed by atoms with Gasteiger partial charge in [0.2, 0.25) is 0 Å². The second kappa shape index (κ2) is 17.5. The molecule has 8 N–H and O–H groups in total. The van der Waals surface area contributed by atoms with Crippen molar-refractivity contribution in [2.24, 2.45) is 0 Å². The molecule has 1 unspecified atom stereocenters. The number of rotatable bonds is 16. The van der Waals surface area contributed by atoms with Gasteiger partial charge in [0.1, 0.15) is 24.1 Å². The maximum absolute atomic E-state index is 11.7. The summed E-state index contributed by atoms with van der Waals surface area (Å²) in [6.07, 6.45) is 8.37. The third kappa shape index (κ3) is 13.7. The Morgan fingerprint density at radius 1 is 1.00 bits per heavy atom. The fourth-order valence-electron chi connectivity index (χ4n) is 3.64. The first-order chi connectivity index (χ1) is 17.8. The zero-order chi connectivity index (χ0) is 28.8. The molecule has 1 aliphatic heterocycles. The van der Waals surface area contributed by atoms with Crippen LogP contribution < -0.4 is 11.4 Å². The first-order valence-corrected chi connectivity index (χ1v) is 15.5. The van der Waals surface area contributed by atoms with Crippen molar-refractivity contribution in [3.8, 4) is 0 Å². The van der Waals surface area contributed by atoms with Gasteiger partial charge in [0, 0.05) is 12.8 Å². The molecular weight excluding hydrogens is 548 g/mol. The van der Waals surface area contributed by atoms with Gasteiger partial charge in [-0.1, -0.05) is 64.7 Å². The SMILES string of the molecule is CCCCCCCCCCCCO.Nc1ccn([C@@H]2O[C@H](COP(=O)(O)OP(=O)(O)O)[C@@H](O)[C@H]2O)c(=O)n1. The first kappa shape index (κ1) is 34.8. The predicted octanol–water partition coefficient (Wildman–Crippen LogP) is 1.57. The minimum Gasteiger partial charge on any atom is -0.396 e. The largest absolute Gasteiger partial charge is 0.481 e.